The van der Waals surface area contributed by atoms with Crippen molar-refractivity contribution in [2.24, 2.45) is 16.7 Å². The third-order valence-corrected chi connectivity index (χ3v) is 6.66. The average molecular weight is 266 g/mol. The highest BCUT2D eigenvalue weighted by Crippen LogP contribution is 2.80. The van der Waals surface area contributed by atoms with Crippen molar-refractivity contribution in [2.45, 2.75) is 39.2 Å². The summed E-state index contributed by atoms with van der Waals surface area (Å²) >= 11 is 0. The van der Waals surface area contributed by atoms with E-state index in [0.29, 0.717) is 5.92 Å². The van der Waals surface area contributed by atoms with Crippen molar-refractivity contribution in [1.29, 1.82) is 0 Å². The fourth-order valence-electron chi connectivity index (χ4n) is 5.73. The molecule has 0 radical (unpaired) electrons. The van der Waals surface area contributed by atoms with E-state index < -0.39 is 5.60 Å². The van der Waals surface area contributed by atoms with Crippen LogP contribution in [0.2, 0.25) is 0 Å². The SMILES string of the molecule is C=C1C[C@]23C(C)=CC[C@@H](C2(C)C)[C@@]3(O)c2ccccc21. The molecule has 1 aromatic rings. The van der Waals surface area contributed by atoms with Crippen LogP contribution in [0, 0.1) is 16.7 Å². The Kier molecular flexibility index (Phi) is 2.03. The monoisotopic (exact) mass is 266 g/mol. The van der Waals surface area contributed by atoms with Crippen LogP contribution in [-0.4, -0.2) is 5.11 Å². The minimum absolute atomic E-state index is 0.136. The van der Waals surface area contributed by atoms with E-state index in [1.54, 1.807) is 0 Å². The highest BCUT2D eigenvalue weighted by Gasteiger charge is 2.78. The highest BCUT2D eigenvalue weighted by atomic mass is 16.3. The van der Waals surface area contributed by atoms with E-state index in [1.807, 2.05) is 12.1 Å². The van der Waals surface area contributed by atoms with Gasteiger partial charge < -0.3 is 5.11 Å². The summed E-state index contributed by atoms with van der Waals surface area (Å²) in [5.41, 5.74) is 4.07. The van der Waals surface area contributed by atoms with Crippen LogP contribution in [0.4, 0.5) is 0 Å². The molecule has 1 spiro atoms. The van der Waals surface area contributed by atoms with Crippen molar-refractivity contribution >= 4 is 5.57 Å². The van der Waals surface area contributed by atoms with E-state index in [2.05, 4.69) is 45.6 Å². The van der Waals surface area contributed by atoms with Gasteiger partial charge in [-0.1, -0.05) is 56.3 Å². The van der Waals surface area contributed by atoms with Crippen molar-refractivity contribution < 1.29 is 5.11 Å². The van der Waals surface area contributed by atoms with Crippen molar-refractivity contribution in [3.8, 4) is 0 Å². The molecule has 0 unspecified atom stereocenters. The molecule has 0 amide bonds. The first kappa shape index (κ1) is 12.4. The van der Waals surface area contributed by atoms with Crippen LogP contribution in [0.1, 0.15) is 44.7 Å². The van der Waals surface area contributed by atoms with Crippen LogP contribution >= 0.6 is 0 Å². The van der Waals surface area contributed by atoms with Crippen molar-refractivity contribution in [1.82, 2.24) is 0 Å². The van der Waals surface area contributed by atoms with Gasteiger partial charge in [0.25, 0.3) is 0 Å². The maximum atomic E-state index is 11.7. The van der Waals surface area contributed by atoms with Crippen LogP contribution in [-0.2, 0) is 5.60 Å². The van der Waals surface area contributed by atoms with Gasteiger partial charge >= 0.3 is 0 Å². The first-order valence-electron chi connectivity index (χ1n) is 7.54. The minimum Gasteiger partial charge on any atom is -0.384 e. The molecule has 20 heavy (non-hydrogen) atoms. The zero-order valence-corrected chi connectivity index (χ0v) is 12.5. The molecular formula is C19H22O. The number of rotatable bonds is 0. The molecule has 2 bridgehead atoms. The van der Waals surface area contributed by atoms with Crippen LogP contribution in [0.15, 0.2) is 42.5 Å². The lowest BCUT2D eigenvalue weighted by atomic mass is 9.28. The second-order valence-electron chi connectivity index (χ2n) is 7.39. The van der Waals surface area contributed by atoms with Crippen LogP contribution < -0.4 is 0 Å². The van der Waals surface area contributed by atoms with E-state index in [-0.39, 0.29) is 10.8 Å². The molecule has 1 saturated carbocycles. The molecule has 1 aromatic carbocycles. The summed E-state index contributed by atoms with van der Waals surface area (Å²) < 4.78 is 0. The number of hydrogen-bond donors (Lipinski definition) is 1. The van der Waals surface area contributed by atoms with Crippen molar-refractivity contribution in [2.75, 3.05) is 0 Å². The van der Waals surface area contributed by atoms with E-state index >= 15 is 0 Å². The molecule has 1 heteroatoms. The van der Waals surface area contributed by atoms with Gasteiger partial charge in [0.2, 0.25) is 0 Å². The lowest BCUT2D eigenvalue weighted by molar-refractivity contribution is -0.305. The number of hydrogen-bond acceptors (Lipinski definition) is 1. The van der Waals surface area contributed by atoms with Crippen LogP contribution in [0.3, 0.4) is 0 Å². The van der Waals surface area contributed by atoms with E-state index in [9.17, 15) is 5.11 Å². The van der Waals surface area contributed by atoms with Gasteiger partial charge in [0.05, 0.1) is 0 Å². The Balaban J connectivity index is 2.07. The summed E-state index contributed by atoms with van der Waals surface area (Å²) in [5.74, 6) is 0.313. The summed E-state index contributed by atoms with van der Waals surface area (Å²) in [4.78, 5) is 0. The van der Waals surface area contributed by atoms with Gasteiger partial charge in [-0.25, -0.2) is 0 Å². The van der Waals surface area contributed by atoms with Crippen molar-refractivity contribution in [3.63, 3.8) is 0 Å². The Morgan fingerprint density at radius 3 is 2.65 bits per heavy atom. The first-order chi connectivity index (χ1) is 9.37. The predicted molar refractivity (Wildman–Crippen MR) is 82.1 cm³/mol. The largest absolute Gasteiger partial charge is 0.384 e. The molecule has 104 valence electrons. The quantitative estimate of drug-likeness (QED) is 0.695. The Morgan fingerprint density at radius 1 is 1.25 bits per heavy atom. The predicted octanol–water partition coefficient (Wildman–Crippen LogP) is 4.28. The van der Waals surface area contributed by atoms with Gasteiger partial charge in [-0.05, 0) is 41.9 Å². The van der Waals surface area contributed by atoms with Gasteiger partial charge in [0.15, 0.2) is 0 Å². The van der Waals surface area contributed by atoms with Crippen molar-refractivity contribution in [3.05, 3.63) is 53.6 Å². The molecule has 0 aliphatic heterocycles. The normalized spacial score (nSPS) is 40.3. The summed E-state index contributed by atoms with van der Waals surface area (Å²) in [6, 6.07) is 8.31. The lowest BCUT2D eigenvalue weighted by Gasteiger charge is -2.76. The third-order valence-electron chi connectivity index (χ3n) is 6.66. The van der Waals surface area contributed by atoms with E-state index in [1.165, 1.54) is 16.7 Å². The van der Waals surface area contributed by atoms with Gasteiger partial charge in [0, 0.05) is 11.3 Å². The van der Waals surface area contributed by atoms with Gasteiger partial charge in [-0.15, -0.1) is 0 Å². The van der Waals surface area contributed by atoms with E-state index in [4.69, 9.17) is 0 Å². The smallest absolute Gasteiger partial charge is 0.104 e. The molecule has 1 fully saturated rings. The number of aliphatic hydroxyl groups is 1. The Morgan fingerprint density at radius 2 is 1.95 bits per heavy atom. The number of fused-ring (bicyclic) bond motifs is 4. The molecular weight excluding hydrogens is 244 g/mol. The van der Waals surface area contributed by atoms with Gasteiger partial charge in [0.1, 0.15) is 5.60 Å². The second kappa shape index (κ2) is 3.28. The topological polar surface area (TPSA) is 20.2 Å². The van der Waals surface area contributed by atoms with Crippen LogP contribution in [0.5, 0.6) is 0 Å². The lowest BCUT2D eigenvalue weighted by Crippen LogP contribution is -2.76. The molecule has 1 N–H and O–H groups in total. The Hall–Kier alpha value is -1.34. The molecule has 3 aliphatic rings. The maximum absolute atomic E-state index is 11.7. The molecule has 0 saturated heterocycles. The zero-order valence-electron chi connectivity index (χ0n) is 12.5. The molecule has 0 heterocycles. The van der Waals surface area contributed by atoms with Gasteiger partial charge in [-0.2, -0.15) is 0 Å². The summed E-state index contributed by atoms with van der Waals surface area (Å²) in [6.45, 7) is 11.2. The standard InChI is InChI=1S/C19H22O/c1-12-11-18-13(2)9-10-16(17(18,3)4)19(18,20)15-8-6-5-7-14(12)15/h5-9,16,20H,1,10-11H2,2-4H3/t16-,18-,19-/m0/s1. The van der Waals surface area contributed by atoms with Gasteiger partial charge in [-0.3, -0.25) is 0 Å². The fourth-order valence-corrected chi connectivity index (χ4v) is 5.73. The Labute approximate surface area is 121 Å². The highest BCUT2D eigenvalue weighted by molar-refractivity contribution is 5.74. The molecule has 4 rings (SSSR count). The molecule has 0 aromatic heterocycles. The van der Waals surface area contributed by atoms with Crippen LogP contribution in [0.25, 0.3) is 5.57 Å². The van der Waals surface area contributed by atoms with E-state index in [0.717, 1.165) is 18.4 Å². The number of allylic oxidation sites excluding steroid dienone is 2. The average Bonchev–Trinajstić information content (AvgIpc) is 2.41. The summed E-state index contributed by atoms with van der Waals surface area (Å²) in [7, 11) is 0. The third kappa shape index (κ3) is 0.948. The minimum atomic E-state index is -0.701. The first-order valence-corrected chi connectivity index (χ1v) is 7.54. The fraction of sp³-hybridized carbons (Fsp3) is 0.474. The maximum Gasteiger partial charge on any atom is 0.104 e. The molecule has 1 nitrogen and oxygen atoms in total. The summed E-state index contributed by atoms with van der Waals surface area (Å²) in [6.07, 6.45) is 4.20. The summed E-state index contributed by atoms with van der Waals surface area (Å²) in [5, 5.41) is 11.7. The number of benzene rings is 1. The molecule has 3 aliphatic carbocycles. The molecule has 3 atom stereocenters. The second-order valence-corrected chi connectivity index (χ2v) is 7.39. The zero-order chi connectivity index (χ0) is 14.3. The Bertz CT molecular complexity index is 666.